The van der Waals surface area contributed by atoms with E-state index in [2.05, 4.69) is 36.7 Å². The summed E-state index contributed by atoms with van der Waals surface area (Å²) in [7, 11) is 0. The van der Waals surface area contributed by atoms with Crippen molar-refractivity contribution < 1.29 is 24.2 Å². The number of halogens is 1. The van der Waals surface area contributed by atoms with Crippen LogP contribution in [-0.4, -0.2) is 23.7 Å². The molecule has 0 amide bonds. The molecule has 1 unspecified atom stereocenters. The van der Waals surface area contributed by atoms with Gasteiger partial charge in [0, 0.05) is 6.42 Å². The minimum Gasteiger partial charge on any atom is -0.492 e. The topological polar surface area (TPSA) is 72.8 Å². The van der Waals surface area contributed by atoms with Crippen LogP contribution in [0.1, 0.15) is 76.1 Å². The lowest BCUT2D eigenvalue weighted by Crippen LogP contribution is -2.08. The van der Waals surface area contributed by atoms with Crippen molar-refractivity contribution in [3.63, 3.8) is 0 Å². The maximum absolute atomic E-state index is 12.3. The van der Waals surface area contributed by atoms with E-state index in [0.717, 1.165) is 59.0 Å². The fourth-order valence-corrected chi connectivity index (χ4v) is 4.55. The van der Waals surface area contributed by atoms with Gasteiger partial charge in [-0.25, -0.2) is 4.79 Å². The normalized spacial score (nSPS) is 11.7. The second-order valence-electron chi connectivity index (χ2n) is 9.70. The second kappa shape index (κ2) is 14.7. The van der Waals surface area contributed by atoms with Gasteiger partial charge in [-0.15, -0.1) is 0 Å². The van der Waals surface area contributed by atoms with E-state index in [1.54, 1.807) is 12.1 Å². The van der Waals surface area contributed by atoms with Gasteiger partial charge in [0.2, 0.25) is 0 Å². The standard InChI is InChI=1S/C32H37BrO5/c1-4-6-7-8-9-10-31(34)38-26-16-17-27(32(35)36)28(20-26)24-13-11-23(12-14-24)25-15-18-30(29(33)19-25)37-21-22(3)5-2/h11-20,22H,4-10,21H2,1-3H3,(H,35,36). The molecule has 0 aliphatic carbocycles. The van der Waals surface area contributed by atoms with E-state index in [1.165, 1.54) is 12.5 Å². The number of ether oxygens (including phenoxy) is 2. The van der Waals surface area contributed by atoms with Crippen LogP contribution >= 0.6 is 15.9 Å². The molecule has 0 aliphatic rings. The number of hydrogen-bond acceptors (Lipinski definition) is 4. The van der Waals surface area contributed by atoms with E-state index in [9.17, 15) is 14.7 Å². The highest BCUT2D eigenvalue weighted by molar-refractivity contribution is 9.10. The van der Waals surface area contributed by atoms with Gasteiger partial charge in [-0.1, -0.05) is 83.2 Å². The third-order valence-electron chi connectivity index (χ3n) is 6.62. The third kappa shape index (κ3) is 8.45. The SMILES string of the molecule is CCCCCCCC(=O)Oc1ccc(C(=O)O)c(-c2ccc(-c3ccc(OCC(C)CC)c(Br)c3)cc2)c1. The lowest BCUT2D eigenvalue weighted by Gasteiger charge is -2.14. The average molecular weight is 582 g/mol. The van der Waals surface area contributed by atoms with Crippen LogP contribution in [0.25, 0.3) is 22.3 Å². The van der Waals surface area contributed by atoms with E-state index in [1.807, 2.05) is 42.5 Å². The lowest BCUT2D eigenvalue weighted by molar-refractivity contribution is -0.134. The van der Waals surface area contributed by atoms with Crippen molar-refractivity contribution in [2.45, 2.75) is 65.7 Å². The fourth-order valence-electron chi connectivity index (χ4n) is 4.06. The van der Waals surface area contributed by atoms with E-state index in [0.29, 0.717) is 30.3 Å². The Bertz CT molecular complexity index is 1220. The van der Waals surface area contributed by atoms with E-state index in [4.69, 9.17) is 9.47 Å². The summed E-state index contributed by atoms with van der Waals surface area (Å²) >= 11 is 3.62. The highest BCUT2D eigenvalue weighted by atomic mass is 79.9. The molecule has 0 spiro atoms. The van der Waals surface area contributed by atoms with Crippen LogP contribution in [0.4, 0.5) is 0 Å². The molecule has 0 aromatic heterocycles. The maximum Gasteiger partial charge on any atom is 0.336 e. The highest BCUT2D eigenvalue weighted by Gasteiger charge is 2.15. The molecule has 0 saturated heterocycles. The summed E-state index contributed by atoms with van der Waals surface area (Å²) in [5, 5.41) is 9.74. The minimum atomic E-state index is -1.03. The van der Waals surface area contributed by atoms with Crippen molar-refractivity contribution >= 4 is 27.9 Å². The van der Waals surface area contributed by atoms with Crippen molar-refractivity contribution in [3.8, 4) is 33.8 Å². The smallest absolute Gasteiger partial charge is 0.336 e. The number of carboxylic acid groups (broad SMARTS) is 1. The summed E-state index contributed by atoms with van der Waals surface area (Å²) < 4.78 is 12.3. The van der Waals surface area contributed by atoms with Gasteiger partial charge in [0.1, 0.15) is 11.5 Å². The van der Waals surface area contributed by atoms with Gasteiger partial charge in [0.25, 0.3) is 0 Å². The number of rotatable bonds is 14. The molecular formula is C32H37BrO5. The first-order valence-corrected chi connectivity index (χ1v) is 14.2. The van der Waals surface area contributed by atoms with E-state index in [-0.39, 0.29) is 11.5 Å². The number of unbranched alkanes of at least 4 members (excludes halogenated alkanes) is 4. The molecule has 1 N–H and O–H groups in total. The molecule has 0 saturated carbocycles. The van der Waals surface area contributed by atoms with Crippen LogP contribution in [0.2, 0.25) is 0 Å². The Labute approximate surface area is 234 Å². The molecule has 0 radical (unpaired) electrons. The summed E-state index contributed by atoms with van der Waals surface area (Å²) in [6.45, 7) is 7.13. The number of carbonyl (C=O) groups is 2. The van der Waals surface area contributed by atoms with Crippen LogP contribution < -0.4 is 9.47 Å². The van der Waals surface area contributed by atoms with Crippen LogP contribution in [0.3, 0.4) is 0 Å². The highest BCUT2D eigenvalue weighted by Crippen LogP contribution is 2.34. The number of carboxylic acids is 1. The molecule has 3 aromatic carbocycles. The van der Waals surface area contributed by atoms with Crippen molar-refractivity contribution in [1.82, 2.24) is 0 Å². The summed E-state index contributed by atoms with van der Waals surface area (Å²) in [6, 6.07) is 18.3. The molecule has 0 heterocycles. The van der Waals surface area contributed by atoms with Crippen LogP contribution in [0, 0.1) is 5.92 Å². The minimum absolute atomic E-state index is 0.155. The van der Waals surface area contributed by atoms with Crippen LogP contribution in [-0.2, 0) is 4.79 Å². The molecule has 3 rings (SSSR count). The Balaban J connectivity index is 1.75. The fraction of sp³-hybridized carbons (Fsp3) is 0.375. The number of carbonyl (C=O) groups excluding carboxylic acids is 1. The molecule has 0 aliphatic heterocycles. The zero-order valence-electron chi connectivity index (χ0n) is 22.5. The van der Waals surface area contributed by atoms with Gasteiger partial charge < -0.3 is 14.6 Å². The first-order chi connectivity index (χ1) is 18.3. The third-order valence-corrected chi connectivity index (χ3v) is 7.24. The maximum atomic E-state index is 12.3. The average Bonchev–Trinajstić information content (AvgIpc) is 2.92. The lowest BCUT2D eigenvalue weighted by atomic mass is 9.96. The summed E-state index contributed by atoms with van der Waals surface area (Å²) in [5.74, 6) is 0.318. The van der Waals surface area contributed by atoms with Crippen molar-refractivity contribution in [2.24, 2.45) is 5.92 Å². The number of aromatic carboxylic acids is 1. The zero-order valence-corrected chi connectivity index (χ0v) is 24.1. The number of benzene rings is 3. The molecule has 0 bridgehead atoms. The second-order valence-corrected chi connectivity index (χ2v) is 10.6. The predicted molar refractivity (Wildman–Crippen MR) is 156 cm³/mol. The quantitative estimate of drug-likeness (QED) is 0.117. The van der Waals surface area contributed by atoms with Crippen molar-refractivity contribution in [3.05, 3.63) is 70.7 Å². The summed E-state index contributed by atoms with van der Waals surface area (Å²) in [5.41, 5.74) is 3.40. The van der Waals surface area contributed by atoms with Gasteiger partial charge in [-0.3, -0.25) is 4.79 Å². The van der Waals surface area contributed by atoms with E-state index >= 15 is 0 Å². The largest absolute Gasteiger partial charge is 0.492 e. The molecule has 202 valence electrons. The monoisotopic (exact) mass is 580 g/mol. The molecular weight excluding hydrogens is 544 g/mol. The Morgan fingerprint density at radius 1 is 0.868 bits per heavy atom. The van der Waals surface area contributed by atoms with Gasteiger partial charge in [-0.05, 0) is 80.9 Å². The summed E-state index contributed by atoms with van der Waals surface area (Å²) in [6.07, 6.45) is 6.65. The Hall–Kier alpha value is -3.12. The van der Waals surface area contributed by atoms with E-state index < -0.39 is 5.97 Å². The van der Waals surface area contributed by atoms with Gasteiger partial charge in [0.05, 0.1) is 16.6 Å². The van der Waals surface area contributed by atoms with Crippen LogP contribution in [0.5, 0.6) is 11.5 Å². The van der Waals surface area contributed by atoms with Crippen molar-refractivity contribution in [1.29, 1.82) is 0 Å². The Morgan fingerprint density at radius 3 is 2.21 bits per heavy atom. The number of hydrogen-bond donors (Lipinski definition) is 1. The molecule has 1 atom stereocenters. The predicted octanol–water partition coefficient (Wildman–Crippen LogP) is 9.17. The Morgan fingerprint density at radius 2 is 1.55 bits per heavy atom. The Kier molecular flexibility index (Phi) is 11.4. The van der Waals surface area contributed by atoms with Crippen molar-refractivity contribution in [2.75, 3.05) is 6.61 Å². The van der Waals surface area contributed by atoms with Crippen LogP contribution in [0.15, 0.2) is 65.1 Å². The first kappa shape index (κ1) is 29.4. The summed E-state index contributed by atoms with van der Waals surface area (Å²) in [4.78, 5) is 24.2. The van der Waals surface area contributed by atoms with Gasteiger partial charge >= 0.3 is 11.9 Å². The molecule has 3 aromatic rings. The molecule has 5 nitrogen and oxygen atoms in total. The zero-order chi connectivity index (χ0) is 27.5. The molecule has 0 fully saturated rings. The van der Waals surface area contributed by atoms with Gasteiger partial charge in [0.15, 0.2) is 0 Å². The molecule has 6 heteroatoms. The van der Waals surface area contributed by atoms with Gasteiger partial charge in [-0.2, -0.15) is 0 Å². The number of esters is 1. The molecule has 38 heavy (non-hydrogen) atoms. The first-order valence-electron chi connectivity index (χ1n) is 13.4.